The Labute approximate surface area is 86.6 Å². The summed E-state index contributed by atoms with van der Waals surface area (Å²) >= 11 is 5.72. The number of hydrogen-bond donors (Lipinski definition) is 0. The molecule has 0 aromatic heterocycles. The summed E-state index contributed by atoms with van der Waals surface area (Å²) in [5.74, 6) is -0.841. The van der Waals surface area contributed by atoms with E-state index in [4.69, 9.17) is 11.6 Å². The lowest BCUT2D eigenvalue weighted by atomic mass is 10.1. The van der Waals surface area contributed by atoms with Gasteiger partial charge in [-0.15, -0.1) is 11.6 Å². The second kappa shape index (κ2) is 4.96. The largest absolute Gasteiger partial charge is 0.468 e. The molecule has 14 heavy (non-hydrogen) atoms. The first kappa shape index (κ1) is 11.0. The van der Waals surface area contributed by atoms with Crippen molar-refractivity contribution in [1.82, 2.24) is 0 Å². The molecule has 1 atom stereocenters. The fourth-order valence-corrected chi connectivity index (χ4v) is 1.35. The number of carbonyl (C=O) groups excluding carboxylic acids is 1. The third-order valence-electron chi connectivity index (χ3n) is 1.76. The van der Waals surface area contributed by atoms with Crippen LogP contribution in [0, 0.1) is 5.82 Å². The maximum atomic E-state index is 12.7. The topological polar surface area (TPSA) is 26.3 Å². The van der Waals surface area contributed by atoms with Gasteiger partial charge in [0.25, 0.3) is 0 Å². The van der Waals surface area contributed by atoms with E-state index in [-0.39, 0.29) is 12.2 Å². The van der Waals surface area contributed by atoms with E-state index in [2.05, 4.69) is 4.74 Å². The summed E-state index contributed by atoms with van der Waals surface area (Å²) in [5.41, 5.74) is 0.676. The summed E-state index contributed by atoms with van der Waals surface area (Å²) in [6, 6.07) is 5.97. The second-order valence-corrected chi connectivity index (χ2v) is 3.35. The first-order chi connectivity index (χ1) is 6.63. The van der Waals surface area contributed by atoms with Gasteiger partial charge in [-0.25, -0.2) is 4.39 Å². The normalized spacial score (nSPS) is 12.2. The van der Waals surface area contributed by atoms with Crippen LogP contribution in [0.2, 0.25) is 0 Å². The molecule has 0 aliphatic carbocycles. The number of methoxy groups -OCH3 is 1. The zero-order chi connectivity index (χ0) is 10.6. The number of alkyl halides is 1. The average Bonchev–Trinajstić information content (AvgIpc) is 2.16. The van der Waals surface area contributed by atoms with Crippen molar-refractivity contribution in [3.8, 4) is 0 Å². The smallest absolute Gasteiger partial charge is 0.324 e. The van der Waals surface area contributed by atoms with Gasteiger partial charge in [0.05, 0.1) is 7.11 Å². The van der Waals surface area contributed by atoms with E-state index in [1.165, 1.54) is 19.2 Å². The number of esters is 1. The Hall–Kier alpha value is -1.09. The molecule has 0 aliphatic heterocycles. The van der Waals surface area contributed by atoms with Crippen LogP contribution in [-0.2, 0) is 16.0 Å². The second-order valence-electron chi connectivity index (χ2n) is 2.82. The van der Waals surface area contributed by atoms with Crippen molar-refractivity contribution in [3.63, 3.8) is 0 Å². The summed E-state index contributed by atoms with van der Waals surface area (Å²) in [5, 5.41) is -0.762. The third kappa shape index (κ3) is 3.00. The first-order valence-electron chi connectivity index (χ1n) is 4.10. The minimum atomic E-state index is -0.762. The monoisotopic (exact) mass is 216 g/mol. The molecule has 0 N–H and O–H groups in total. The standard InChI is InChI=1S/C10H10ClFO2/c1-14-10(13)9(11)6-7-3-2-4-8(12)5-7/h2-5,9H,6H2,1H3. The number of halogens is 2. The number of rotatable bonds is 3. The number of ether oxygens (including phenoxy) is 1. The van der Waals surface area contributed by atoms with Crippen LogP contribution in [0.25, 0.3) is 0 Å². The van der Waals surface area contributed by atoms with Gasteiger partial charge in [0, 0.05) is 0 Å². The van der Waals surface area contributed by atoms with Gasteiger partial charge >= 0.3 is 5.97 Å². The van der Waals surface area contributed by atoms with E-state index < -0.39 is 11.3 Å². The fourth-order valence-electron chi connectivity index (χ4n) is 1.08. The molecule has 1 aromatic carbocycles. The zero-order valence-corrected chi connectivity index (χ0v) is 8.42. The molecule has 76 valence electrons. The highest BCUT2D eigenvalue weighted by Gasteiger charge is 2.16. The molecule has 2 nitrogen and oxygen atoms in total. The SMILES string of the molecule is COC(=O)C(Cl)Cc1cccc(F)c1. The van der Waals surface area contributed by atoms with Crippen LogP contribution in [0.5, 0.6) is 0 Å². The molecule has 0 spiro atoms. The Morgan fingerprint density at radius 1 is 1.64 bits per heavy atom. The molecule has 0 aliphatic rings. The van der Waals surface area contributed by atoms with Crippen LogP contribution in [-0.4, -0.2) is 18.5 Å². The van der Waals surface area contributed by atoms with Crippen LogP contribution in [0.3, 0.4) is 0 Å². The van der Waals surface area contributed by atoms with E-state index >= 15 is 0 Å². The predicted octanol–water partition coefficient (Wildman–Crippen LogP) is 2.15. The Bertz CT molecular complexity index is 328. The first-order valence-corrected chi connectivity index (χ1v) is 4.53. The summed E-state index contributed by atoms with van der Waals surface area (Å²) in [4.78, 5) is 11.0. The van der Waals surface area contributed by atoms with E-state index in [1.54, 1.807) is 12.1 Å². The molecule has 0 amide bonds. The summed E-state index contributed by atoms with van der Waals surface area (Å²) in [6.45, 7) is 0. The number of hydrogen-bond acceptors (Lipinski definition) is 2. The van der Waals surface area contributed by atoms with E-state index in [0.29, 0.717) is 5.56 Å². The maximum absolute atomic E-state index is 12.7. The molecule has 0 saturated carbocycles. The molecule has 0 bridgehead atoms. The lowest BCUT2D eigenvalue weighted by Gasteiger charge is -2.06. The zero-order valence-electron chi connectivity index (χ0n) is 7.67. The van der Waals surface area contributed by atoms with Crippen molar-refractivity contribution in [2.45, 2.75) is 11.8 Å². The molecule has 0 heterocycles. The van der Waals surface area contributed by atoms with Gasteiger partial charge in [0.2, 0.25) is 0 Å². The van der Waals surface area contributed by atoms with E-state index in [0.717, 1.165) is 0 Å². The molecule has 0 fully saturated rings. The van der Waals surface area contributed by atoms with Crippen LogP contribution in [0.4, 0.5) is 4.39 Å². The molecule has 1 aromatic rings. The minimum Gasteiger partial charge on any atom is -0.468 e. The maximum Gasteiger partial charge on any atom is 0.324 e. The number of carbonyl (C=O) groups is 1. The lowest BCUT2D eigenvalue weighted by molar-refractivity contribution is -0.140. The predicted molar refractivity (Wildman–Crippen MR) is 51.8 cm³/mol. The highest BCUT2D eigenvalue weighted by Crippen LogP contribution is 2.10. The fraction of sp³-hybridized carbons (Fsp3) is 0.300. The van der Waals surface area contributed by atoms with Gasteiger partial charge in [-0.3, -0.25) is 4.79 Å². The van der Waals surface area contributed by atoms with Crippen molar-refractivity contribution in [1.29, 1.82) is 0 Å². The van der Waals surface area contributed by atoms with Crippen molar-refractivity contribution in [3.05, 3.63) is 35.6 Å². The quantitative estimate of drug-likeness (QED) is 0.572. The molecule has 1 rings (SSSR count). The molecule has 0 saturated heterocycles. The summed E-state index contributed by atoms with van der Waals surface area (Å²) in [6.07, 6.45) is 0.270. The Morgan fingerprint density at radius 2 is 2.36 bits per heavy atom. The Kier molecular flexibility index (Phi) is 3.89. The summed E-state index contributed by atoms with van der Waals surface area (Å²) in [7, 11) is 1.27. The Morgan fingerprint density at radius 3 is 2.93 bits per heavy atom. The molecule has 1 unspecified atom stereocenters. The average molecular weight is 217 g/mol. The van der Waals surface area contributed by atoms with Gasteiger partial charge in [0.15, 0.2) is 0 Å². The minimum absolute atomic E-state index is 0.270. The molecular weight excluding hydrogens is 207 g/mol. The highest BCUT2D eigenvalue weighted by molar-refractivity contribution is 6.30. The van der Waals surface area contributed by atoms with Gasteiger partial charge in [-0.05, 0) is 24.1 Å². The van der Waals surface area contributed by atoms with Gasteiger partial charge in [-0.1, -0.05) is 12.1 Å². The van der Waals surface area contributed by atoms with Gasteiger partial charge in [-0.2, -0.15) is 0 Å². The van der Waals surface area contributed by atoms with Crippen LogP contribution >= 0.6 is 11.6 Å². The van der Waals surface area contributed by atoms with Crippen molar-refractivity contribution in [2.75, 3.05) is 7.11 Å². The molecule has 4 heteroatoms. The molecular formula is C10H10ClFO2. The van der Waals surface area contributed by atoms with E-state index in [1.807, 2.05) is 0 Å². The van der Waals surface area contributed by atoms with Crippen LogP contribution in [0.1, 0.15) is 5.56 Å². The van der Waals surface area contributed by atoms with Crippen molar-refractivity contribution in [2.24, 2.45) is 0 Å². The van der Waals surface area contributed by atoms with Crippen LogP contribution < -0.4 is 0 Å². The summed E-state index contributed by atoms with van der Waals surface area (Å²) < 4.78 is 17.2. The van der Waals surface area contributed by atoms with Gasteiger partial charge in [0.1, 0.15) is 11.2 Å². The van der Waals surface area contributed by atoms with Crippen molar-refractivity contribution < 1.29 is 13.9 Å². The highest BCUT2D eigenvalue weighted by atomic mass is 35.5. The van der Waals surface area contributed by atoms with Crippen molar-refractivity contribution >= 4 is 17.6 Å². The third-order valence-corrected chi connectivity index (χ3v) is 2.09. The van der Waals surface area contributed by atoms with Crippen LogP contribution in [0.15, 0.2) is 24.3 Å². The lowest BCUT2D eigenvalue weighted by Crippen LogP contribution is -2.18. The molecule has 0 radical (unpaired) electrons. The Balaban J connectivity index is 2.64. The van der Waals surface area contributed by atoms with Gasteiger partial charge < -0.3 is 4.74 Å². The van der Waals surface area contributed by atoms with E-state index in [9.17, 15) is 9.18 Å². The number of benzene rings is 1.